The van der Waals surface area contributed by atoms with Gasteiger partial charge in [0.15, 0.2) is 5.82 Å². The van der Waals surface area contributed by atoms with E-state index in [0.717, 1.165) is 17.4 Å². The van der Waals surface area contributed by atoms with Crippen molar-refractivity contribution in [2.75, 3.05) is 16.6 Å². The van der Waals surface area contributed by atoms with Crippen molar-refractivity contribution in [3.8, 4) is 0 Å². The first kappa shape index (κ1) is 25.1. The molecule has 1 heterocycles. The molecule has 0 radical (unpaired) electrons. The number of hydrogen-bond donors (Lipinski definition) is 3. The Bertz CT molecular complexity index is 1040. The summed E-state index contributed by atoms with van der Waals surface area (Å²) in [4.78, 5) is 10.9. The van der Waals surface area contributed by atoms with Crippen molar-refractivity contribution in [2.45, 2.75) is 36.8 Å². The number of aryl methyl sites for hydroxylation is 1. The Morgan fingerprint density at radius 2 is 1.66 bits per heavy atom. The molecule has 1 aromatic carbocycles. The van der Waals surface area contributed by atoms with Crippen molar-refractivity contribution in [3.63, 3.8) is 0 Å². The van der Waals surface area contributed by atoms with E-state index in [-0.39, 0.29) is 11.6 Å². The number of alkyl carbamates (subject to hydrolysis) is 1. The summed E-state index contributed by atoms with van der Waals surface area (Å²) in [5.74, 6) is 0.100. The normalized spacial score (nSPS) is 12.9. The lowest BCUT2D eigenvalue weighted by Crippen LogP contribution is -2.72. The van der Waals surface area contributed by atoms with Gasteiger partial charge < -0.3 is 14.6 Å². The molecular formula is C16H16F6N4O5S. The number of carbonyl (C=O) groups excluding carboxylic acids is 1. The number of aromatic nitrogens is 1. The Balaban J connectivity index is 2.37. The molecule has 1 aromatic heterocycles. The first-order valence-corrected chi connectivity index (χ1v) is 10.0. The molecule has 2 aromatic rings. The van der Waals surface area contributed by atoms with Gasteiger partial charge in [0.05, 0.1) is 11.5 Å². The molecule has 1 amide bonds. The molecule has 9 nitrogen and oxygen atoms in total. The second kappa shape index (κ2) is 8.76. The van der Waals surface area contributed by atoms with Crippen molar-refractivity contribution in [1.29, 1.82) is 0 Å². The fourth-order valence-electron chi connectivity index (χ4n) is 2.34. The van der Waals surface area contributed by atoms with E-state index in [1.807, 2.05) is 4.72 Å². The Labute approximate surface area is 177 Å². The molecule has 0 unspecified atom stereocenters. The SMILES string of the molecule is CCOC(=O)NC(Nc1ccc(S(=O)(=O)Nc2cc(C)on2)cc1)(C(F)(F)F)C(F)(F)F. The van der Waals surface area contributed by atoms with Crippen LogP contribution in [0.2, 0.25) is 0 Å². The van der Waals surface area contributed by atoms with E-state index in [1.165, 1.54) is 25.2 Å². The molecule has 0 aliphatic heterocycles. The van der Waals surface area contributed by atoms with Crippen LogP contribution in [0.15, 0.2) is 39.8 Å². The van der Waals surface area contributed by atoms with Crippen molar-refractivity contribution in [1.82, 2.24) is 10.5 Å². The van der Waals surface area contributed by atoms with E-state index in [1.54, 1.807) is 0 Å². The molecule has 0 fully saturated rings. The van der Waals surface area contributed by atoms with Gasteiger partial charge in [-0.15, -0.1) is 0 Å². The lowest BCUT2D eigenvalue weighted by molar-refractivity contribution is -0.294. The summed E-state index contributed by atoms with van der Waals surface area (Å²) in [7, 11) is -4.28. The Hall–Kier alpha value is -3.17. The van der Waals surface area contributed by atoms with Gasteiger partial charge in [0.25, 0.3) is 10.0 Å². The zero-order valence-electron chi connectivity index (χ0n) is 16.3. The number of anilines is 2. The minimum absolute atomic E-state index is 0.184. The quantitative estimate of drug-likeness (QED) is 0.399. The highest BCUT2D eigenvalue weighted by atomic mass is 32.2. The monoisotopic (exact) mass is 490 g/mol. The number of hydrogen-bond acceptors (Lipinski definition) is 7. The second-order valence-electron chi connectivity index (χ2n) is 6.17. The average molecular weight is 490 g/mol. The smallest absolute Gasteiger partial charge is 0.439 e. The summed E-state index contributed by atoms with van der Waals surface area (Å²) < 4.78 is 116. The van der Waals surface area contributed by atoms with Gasteiger partial charge in [-0.3, -0.25) is 10.0 Å². The van der Waals surface area contributed by atoms with Gasteiger partial charge in [0.2, 0.25) is 0 Å². The number of benzene rings is 1. The molecule has 0 spiro atoms. The predicted molar refractivity (Wildman–Crippen MR) is 97.1 cm³/mol. The standard InChI is InChI=1S/C16H16F6N4O5S/c1-3-30-13(27)24-14(15(17,18)19,16(20,21)22)23-10-4-6-11(7-5-10)32(28,29)26-12-8-9(2)31-25-12/h4-8,23H,3H2,1-2H3,(H,24,27)(H,25,26). The van der Waals surface area contributed by atoms with E-state index in [0.29, 0.717) is 12.1 Å². The van der Waals surface area contributed by atoms with Crippen molar-refractivity contribution < 1.29 is 48.8 Å². The van der Waals surface area contributed by atoms with Gasteiger partial charge in [-0.1, -0.05) is 5.16 Å². The number of carbonyl (C=O) groups is 1. The summed E-state index contributed by atoms with van der Waals surface area (Å²) in [6.07, 6.45) is -14.1. The first-order valence-electron chi connectivity index (χ1n) is 8.54. The molecule has 3 N–H and O–H groups in total. The van der Waals surface area contributed by atoms with E-state index in [2.05, 4.69) is 14.4 Å². The molecule has 0 atom stereocenters. The van der Waals surface area contributed by atoms with Crippen LogP contribution in [0.4, 0.5) is 42.6 Å². The third-order valence-electron chi connectivity index (χ3n) is 3.78. The highest BCUT2D eigenvalue weighted by Gasteiger charge is 2.73. The maximum atomic E-state index is 13.5. The van der Waals surface area contributed by atoms with E-state index in [9.17, 15) is 39.6 Å². The maximum absolute atomic E-state index is 13.5. The zero-order chi connectivity index (χ0) is 24.4. The van der Waals surface area contributed by atoms with Crippen LogP contribution in [0, 0.1) is 6.92 Å². The van der Waals surface area contributed by atoms with Crippen molar-refractivity contribution in [3.05, 3.63) is 36.1 Å². The third kappa shape index (κ3) is 5.35. The Morgan fingerprint density at radius 3 is 2.09 bits per heavy atom. The van der Waals surface area contributed by atoms with E-state index >= 15 is 0 Å². The minimum Gasteiger partial charge on any atom is -0.450 e. The fourth-order valence-corrected chi connectivity index (χ4v) is 3.32. The zero-order valence-corrected chi connectivity index (χ0v) is 17.1. The molecule has 0 saturated carbocycles. The highest BCUT2D eigenvalue weighted by Crippen LogP contribution is 2.43. The van der Waals surface area contributed by atoms with Gasteiger partial charge in [-0.25, -0.2) is 13.2 Å². The van der Waals surface area contributed by atoms with Crippen molar-refractivity contribution in [2.24, 2.45) is 0 Å². The lowest BCUT2D eigenvalue weighted by Gasteiger charge is -2.38. The average Bonchev–Trinajstić information content (AvgIpc) is 3.04. The number of ether oxygens (including phenoxy) is 1. The lowest BCUT2D eigenvalue weighted by atomic mass is 10.1. The van der Waals surface area contributed by atoms with E-state index in [4.69, 9.17) is 0 Å². The van der Waals surface area contributed by atoms with Gasteiger partial charge in [-0.05, 0) is 38.1 Å². The topological polar surface area (TPSA) is 123 Å². The number of sulfonamides is 1. The van der Waals surface area contributed by atoms with Crippen LogP contribution in [-0.4, -0.2) is 44.3 Å². The molecule has 32 heavy (non-hydrogen) atoms. The van der Waals surface area contributed by atoms with Gasteiger partial charge >= 0.3 is 24.1 Å². The fraction of sp³-hybridized carbons (Fsp3) is 0.375. The number of rotatable bonds is 7. The molecule has 2 rings (SSSR count). The van der Waals surface area contributed by atoms with Crippen LogP contribution in [-0.2, 0) is 14.8 Å². The van der Waals surface area contributed by atoms with Crippen LogP contribution in [0.3, 0.4) is 0 Å². The van der Waals surface area contributed by atoms with Crippen LogP contribution >= 0.6 is 0 Å². The number of halogens is 6. The molecule has 0 saturated heterocycles. The summed E-state index contributed by atoms with van der Waals surface area (Å²) in [6, 6.07) is 4.05. The first-order chi connectivity index (χ1) is 14.6. The molecule has 0 aliphatic rings. The number of nitrogens with one attached hydrogen (secondary N) is 3. The molecule has 0 bridgehead atoms. The van der Waals surface area contributed by atoms with Gasteiger partial charge in [0, 0.05) is 11.8 Å². The Kier molecular flexibility index (Phi) is 6.87. The van der Waals surface area contributed by atoms with Crippen LogP contribution in [0.5, 0.6) is 0 Å². The molecule has 0 aliphatic carbocycles. The number of amides is 1. The molecule has 178 valence electrons. The number of alkyl halides is 6. The largest absolute Gasteiger partial charge is 0.450 e. The summed E-state index contributed by atoms with van der Waals surface area (Å²) in [6.45, 7) is 2.19. The molecular weight excluding hydrogens is 474 g/mol. The summed E-state index contributed by atoms with van der Waals surface area (Å²) >= 11 is 0. The minimum atomic E-state index is -6.06. The summed E-state index contributed by atoms with van der Waals surface area (Å²) in [5.41, 5.74) is -5.71. The predicted octanol–water partition coefficient (Wildman–Crippen LogP) is 3.76. The second-order valence-corrected chi connectivity index (χ2v) is 7.85. The maximum Gasteiger partial charge on any atom is 0.439 e. The van der Waals surface area contributed by atoms with E-state index < -0.39 is 51.3 Å². The molecule has 16 heteroatoms. The number of nitrogens with zero attached hydrogens (tertiary/aromatic N) is 1. The van der Waals surface area contributed by atoms with Crippen molar-refractivity contribution >= 4 is 27.6 Å². The highest BCUT2D eigenvalue weighted by molar-refractivity contribution is 7.92. The van der Waals surface area contributed by atoms with Gasteiger partial charge in [0.1, 0.15) is 5.76 Å². The van der Waals surface area contributed by atoms with Gasteiger partial charge in [-0.2, -0.15) is 26.3 Å². The summed E-state index contributed by atoms with van der Waals surface area (Å²) in [5, 5.41) is 5.37. The van der Waals surface area contributed by atoms with Crippen LogP contribution in [0.1, 0.15) is 12.7 Å². The van der Waals surface area contributed by atoms with Crippen LogP contribution < -0.4 is 15.4 Å². The third-order valence-corrected chi connectivity index (χ3v) is 5.15. The Morgan fingerprint density at radius 1 is 1.09 bits per heavy atom. The van der Waals surface area contributed by atoms with Crippen LogP contribution in [0.25, 0.3) is 0 Å².